The SMILES string of the molecule is [2H]c1c([2H])c([2H])c(-c2c([2H])c([2H])c([2H])c(-c3c([2H])c([2H])c(-n4c5c([2H])c([2H])c(-n6c7c([2H])c([2H])c([2H])c([2H])c7c7c([2H])c(-c8c([2H])c([2H])c([2H])c([2H])c8-n8c9c([2H])c([2H])c([2H])c([2H])c9c9c([2H])c([2H])c([2H])c([2H])c98)c([2H])c([2H])c76)cc5c5c([2H])c([2H])c([2H])c([2H])c54)c([2H])c3[2H])c2[2H])c([2H])c1[2H]. The van der Waals surface area contributed by atoms with Gasteiger partial charge in [0.2, 0.25) is 0 Å². The molecule has 294 valence electrons. The summed E-state index contributed by atoms with van der Waals surface area (Å²) >= 11 is 0. The van der Waals surface area contributed by atoms with Gasteiger partial charge in [0.05, 0.1) is 90.9 Å². The molecule has 0 N–H and O–H groups in total. The quantitative estimate of drug-likeness (QED) is 0.158. The van der Waals surface area contributed by atoms with Crippen molar-refractivity contribution in [2.24, 2.45) is 0 Å². The minimum atomic E-state index is -1.16. The first-order chi connectivity index (χ1) is 47.1. The summed E-state index contributed by atoms with van der Waals surface area (Å²) in [6, 6.07) is -37.2. The summed E-state index contributed by atoms with van der Waals surface area (Å²) in [4.78, 5) is 0. The summed E-state index contributed by atoms with van der Waals surface area (Å²) in [6.07, 6.45) is 0. The van der Waals surface area contributed by atoms with Crippen LogP contribution in [0.25, 0.3) is 116 Å². The van der Waals surface area contributed by atoms with Gasteiger partial charge in [-0.3, -0.25) is 0 Å². The lowest BCUT2D eigenvalue weighted by atomic mass is 9.99. The topological polar surface area (TPSA) is 14.8 Å². The highest BCUT2D eigenvalue weighted by molar-refractivity contribution is 6.14. The Hall–Kier alpha value is -8.40. The summed E-state index contributed by atoms with van der Waals surface area (Å²) in [5.74, 6) is 0. The van der Waals surface area contributed by atoms with Crippen LogP contribution in [0.3, 0.4) is 0 Å². The van der Waals surface area contributed by atoms with E-state index in [0.717, 1.165) is 10.6 Å². The maximum absolute atomic E-state index is 10.2. The maximum atomic E-state index is 10.2. The first-order valence-corrected chi connectivity index (χ1v) is 18.6. The molecule has 0 aliphatic carbocycles. The predicted octanol–water partition coefficient (Wildman–Crippen LogP) is 16.0. The van der Waals surface area contributed by atoms with Crippen LogP contribution < -0.4 is 0 Å². The van der Waals surface area contributed by atoms with Crippen LogP contribution in [-0.4, -0.2) is 13.7 Å². The van der Waals surface area contributed by atoms with Gasteiger partial charge in [0, 0.05) is 49.3 Å². The van der Waals surface area contributed by atoms with Crippen molar-refractivity contribution in [3.63, 3.8) is 0 Å². The standard InChI is InChI=1S/C60H39N3/c1-2-15-40(16-3-1)42-17-14-18-43(37-42)41-29-32-45(33-30-41)61-55-25-10-8-23-51(55)53-39-46(34-36-60(53)61)62-56-26-11-7-22-50(56)52-38-44(31-35-59(52)62)47-19-4-9-24-54(47)63-57-27-12-5-20-48(57)49-21-6-13-28-58(49)63/h1-39H/i1D,2D,3D,4D,5D,6D,7D,8D,9D,10D,11D,12D,13D,14D,15D,16D,17D,18D,19D,20D,21D,22D,23D,24D,25D,26D,27D,28D,29D,30D,31D,32D,33D,34D,35D,36D,37D,38D. The second-order valence-electron chi connectivity index (χ2n) is 13.6. The van der Waals surface area contributed by atoms with Gasteiger partial charge in [-0.25, -0.2) is 0 Å². The van der Waals surface area contributed by atoms with E-state index in [-0.39, 0.29) is 0 Å². The minimum Gasteiger partial charge on any atom is -0.309 e. The molecule has 0 amide bonds. The third-order valence-corrected chi connectivity index (χ3v) is 10.3. The molecule has 0 unspecified atom stereocenters. The van der Waals surface area contributed by atoms with Crippen molar-refractivity contribution >= 4 is 65.4 Å². The molecular formula is C60H39N3. The van der Waals surface area contributed by atoms with E-state index >= 15 is 0 Å². The Labute approximate surface area is 418 Å². The van der Waals surface area contributed by atoms with Crippen LogP contribution in [0, 0.1) is 0 Å². The van der Waals surface area contributed by atoms with Gasteiger partial charge < -0.3 is 13.7 Å². The average molecular weight is 840 g/mol. The fourth-order valence-corrected chi connectivity index (χ4v) is 7.61. The van der Waals surface area contributed by atoms with E-state index in [1.165, 1.54) is 0 Å². The minimum absolute atomic E-state index is 0.512. The molecule has 63 heavy (non-hydrogen) atoms. The van der Waals surface area contributed by atoms with Crippen molar-refractivity contribution in [1.29, 1.82) is 0 Å². The van der Waals surface area contributed by atoms with Crippen LogP contribution in [0.5, 0.6) is 0 Å². The van der Waals surface area contributed by atoms with Crippen molar-refractivity contribution in [1.82, 2.24) is 13.7 Å². The molecule has 3 aromatic heterocycles. The van der Waals surface area contributed by atoms with Crippen LogP contribution in [-0.2, 0) is 0 Å². The second-order valence-corrected chi connectivity index (χ2v) is 13.6. The first kappa shape index (κ1) is 14.3. The highest BCUT2D eigenvalue weighted by Crippen LogP contribution is 2.41. The number of rotatable bonds is 6. The van der Waals surface area contributed by atoms with Gasteiger partial charge in [-0.1, -0.05) is 157 Å². The van der Waals surface area contributed by atoms with E-state index in [0.29, 0.717) is 9.13 Å². The van der Waals surface area contributed by atoms with Gasteiger partial charge >= 0.3 is 0 Å². The number of hydrogen-bond donors (Lipinski definition) is 0. The number of para-hydroxylation sites is 5. The Kier molecular flexibility index (Phi) is 3.21. The van der Waals surface area contributed by atoms with E-state index in [4.69, 9.17) is 27.4 Å². The van der Waals surface area contributed by atoms with E-state index in [2.05, 4.69) is 0 Å². The van der Waals surface area contributed by atoms with E-state index in [1.807, 2.05) is 0 Å². The Morgan fingerprint density at radius 1 is 0.254 bits per heavy atom. The fourth-order valence-electron chi connectivity index (χ4n) is 7.61. The number of fused-ring (bicyclic) bond motifs is 9. The largest absolute Gasteiger partial charge is 0.309 e. The van der Waals surface area contributed by atoms with E-state index in [9.17, 15) is 24.7 Å². The highest BCUT2D eigenvalue weighted by Gasteiger charge is 2.19. The molecule has 0 saturated heterocycles. The van der Waals surface area contributed by atoms with E-state index < -0.39 is 345 Å². The van der Waals surface area contributed by atoms with Crippen LogP contribution >= 0.6 is 0 Å². The van der Waals surface area contributed by atoms with Crippen molar-refractivity contribution in [2.75, 3.05) is 0 Å². The Bertz CT molecular complexity index is 6040. The van der Waals surface area contributed by atoms with Gasteiger partial charge in [-0.2, -0.15) is 0 Å². The number of nitrogens with zero attached hydrogens (tertiary/aromatic N) is 3. The summed E-state index contributed by atoms with van der Waals surface area (Å²) in [5.41, 5.74) is -12.0. The molecule has 0 fully saturated rings. The van der Waals surface area contributed by atoms with Crippen LogP contribution in [0.1, 0.15) is 52.1 Å². The van der Waals surface area contributed by atoms with Gasteiger partial charge in [0.25, 0.3) is 0 Å². The van der Waals surface area contributed by atoms with E-state index in [1.54, 1.807) is 0 Å². The van der Waals surface area contributed by atoms with Crippen molar-refractivity contribution in [3.05, 3.63) is 236 Å². The summed E-state index contributed by atoms with van der Waals surface area (Å²) < 4.78 is 349. The number of benzene rings is 10. The molecule has 13 rings (SSSR count). The molecule has 0 aliphatic heterocycles. The average Bonchev–Trinajstić information content (AvgIpc) is 1.56. The molecular weight excluding hydrogens is 763 g/mol. The molecule has 0 radical (unpaired) electrons. The molecule has 13 aromatic rings. The molecule has 0 aliphatic rings. The predicted molar refractivity (Wildman–Crippen MR) is 266 cm³/mol. The molecule has 3 heteroatoms. The number of aromatic nitrogens is 3. The lowest BCUT2D eigenvalue weighted by Gasteiger charge is -2.14. The number of hydrogen-bond acceptors (Lipinski definition) is 0. The van der Waals surface area contributed by atoms with Gasteiger partial charge in [-0.05, 0) is 106 Å². The maximum Gasteiger partial charge on any atom is 0.0646 e. The normalized spacial score (nSPS) is 20.3. The van der Waals surface area contributed by atoms with Gasteiger partial charge in [-0.15, -0.1) is 0 Å². The van der Waals surface area contributed by atoms with Crippen molar-refractivity contribution in [2.45, 2.75) is 0 Å². The van der Waals surface area contributed by atoms with Crippen LogP contribution in [0.15, 0.2) is 236 Å². The zero-order valence-electron chi connectivity index (χ0n) is 69.4. The summed E-state index contributed by atoms with van der Waals surface area (Å²) in [5, 5.41) is -3.62. The molecule has 3 heterocycles. The fraction of sp³-hybridized carbons (Fsp3) is 0. The lowest BCUT2D eigenvalue weighted by Crippen LogP contribution is -1.97. The smallest absolute Gasteiger partial charge is 0.0646 e. The molecule has 0 saturated carbocycles. The lowest BCUT2D eigenvalue weighted by molar-refractivity contribution is 1.16. The van der Waals surface area contributed by atoms with Crippen LogP contribution in [0.4, 0.5) is 0 Å². The molecule has 0 bridgehead atoms. The Morgan fingerprint density at radius 3 is 1.35 bits per heavy atom. The second kappa shape index (κ2) is 14.1. The summed E-state index contributed by atoms with van der Waals surface area (Å²) in [7, 11) is 0. The molecule has 10 aromatic carbocycles. The molecule has 3 nitrogen and oxygen atoms in total. The Balaban J connectivity index is 1.16. The monoisotopic (exact) mass is 840 g/mol. The van der Waals surface area contributed by atoms with Gasteiger partial charge in [0.1, 0.15) is 0 Å². The van der Waals surface area contributed by atoms with Crippen molar-refractivity contribution < 1.29 is 52.1 Å². The van der Waals surface area contributed by atoms with Gasteiger partial charge in [0.15, 0.2) is 0 Å². The molecule has 0 atom stereocenters. The summed E-state index contributed by atoms with van der Waals surface area (Å²) in [6.45, 7) is 0. The zero-order valence-corrected chi connectivity index (χ0v) is 31.4. The zero-order chi connectivity index (χ0) is 74.5. The third kappa shape index (κ3) is 5.53. The first-order valence-electron chi connectivity index (χ1n) is 37.6. The van der Waals surface area contributed by atoms with Crippen molar-refractivity contribution in [3.8, 4) is 50.4 Å². The third-order valence-electron chi connectivity index (χ3n) is 10.3. The Morgan fingerprint density at radius 2 is 0.683 bits per heavy atom. The molecule has 0 spiro atoms. The highest BCUT2D eigenvalue weighted by atomic mass is 15.0. The van der Waals surface area contributed by atoms with Crippen LogP contribution in [0.2, 0.25) is 0 Å².